The van der Waals surface area contributed by atoms with Crippen LogP contribution in [-0.2, 0) is 22.0 Å². The zero-order chi connectivity index (χ0) is 34.8. The van der Waals surface area contributed by atoms with Crippen molar-refractivity contribution in [1.82, 2.24) is 15.3 Å². The van der Waals surface area contributed by atoms with Gasteiger partial charge in [0.1, 0.15) is 34.7 Å². The highest BCUT2D eigenvalue weighted by molar-refractivity contribution is 6.31. The molecule has 2 aliphatic rings. The van der Waals surface area contributed by atoms with Gasteiger partial charge in [-0.3, -0.25) is 14.6 Å². The number of alkyl halides is 6. The second-order valence-electron chi connectivity index (χ2n) is 11.9. The number of nitrogens with zero attached hydrogens (tertiary/aromatic N) is 2. The molecule has 1 saturated carbocycles. The lowest BCUT2D eigenvalue weighted by molar-refractivity contribution is -0.265. The van der Waals surface area contributed by atoms with Gasteiger partial charge in [-0.15, -0.1) is 0 Å². The van der Waals surface area contributed by atoms with Crippen LogP contribution in [0.25, 0.3) is 22.2 Å². The van der Waals surface area contributed by atoms with Gasteiger partial charge in [0.2, 0.25) is 11.5 Å². The van der Waals surface area contributed by atoms with Crippen LogP contribution < -0.4 is 20.5 Å². The van der Waals surface area contributed by atoms with E-state index in [1.54, 1.807) is 0 Å². The molecule has 6 rings (SSSR count). The van der Waals surface area contributed by atoms with Gasteiger partial charge in [-0.1, -0.05) is 23.7 Å². The molecule has 48 heavy (non-hydrogen) atoms. The van der Waals surface area contributed by atoms with Crippen LogP contribution in [0, 0.1) is 0 Å². The largest absolute Gasteiger partial charge is 0.489 e. The molecule has 2 atom stereocenters. The molecule has 1 fully saturated rings. The van der Waals surface area contributed by atoms with E-state index in [0.29, 0.717) is 23.0 Å². The molecular formula is C32H25ClF6N4O5. The number of carbonyl (C=O) groups is 2. The van der Waals surface area contributed by atoms with Crippen LogP contribution >= 0.6 is 11.6 Å². The highest BCUT2D eigenvalue weighted by atomic mass is 35.5. The van der Waals surface area contributed by atoms with Crippen molar-refractivity contribution in [3.8, 4) is 22.8 Å². The van der Waals surface area contributed by atoms with Crippen LogP contribution in [0.2, 0.25) is 5.02 Å². The summed E-state index contributed by atoms with van der Waals surface area (Å²) in [5, 5.41) is 14.0. The third kappa shape index (κ3) is 5.96. The maximum Gasteiger partial charge on any atom is 0.424 e. The molecule has 0 radical (unpaired) electrons. The Bertz CT molecular complexity index is 1950. The number of hydrogen-bond acceptors (Lipinski definition) is 7. The molecule has 2 aromatic heterocycles. The molecule has 0 spiro atoms. The van der Waals surface area contributed by atoms with Crippen LogP contribution in [0.3, 0.4) is 0 Å². The summed E-state index contributed by atoms with van der Waals surface area (Å²) < 4.78 is 95.6. The molecule has 9 nitrogen and oxygen atoms in total. The number of amides is 2. The van der Waals surface area contributed by atoms with E-state index in [1.165, 1.54) is 31.3 Å². The summed E-state index contributed by atoms with van der Waals surface area (Å²) in [6.45, 7) is -0.561. The molecule has 1 aliphatic heterocycles. The fraction of sp³-hybridized carbons (Fsp3) is 0.312. The Kier molecular flexibility index (Phi) is 7.98. The Hall–Kier alpha value is -4.63. The van der Waals surface area contributed by atoms with Gasteiger partial charge < -0.3 is 25.6 Å². The Morgan fingerprint density at radius 3 is 2.40 bits per heavy atom. The van der Waals surface area contributed by atoms with E-state index in [2.05, 4.69) is 15.3 Å². The zero-order valence-corrected chi connectivity index (χ0v) is 25.6. The van der Waals surface area contributed by atoms with Gasteiger partial charge in [0.15, 0.2) is 0 Å². The number of nitrogens with two attached hydrogens (primary N) is 1. The predicted octanol–water partition coefficient (Wildman–Crippen LogP) is 5.83. The van der Waals surface area contributed by atoms with Crippen molar-refractivity contribution in [1.29, 1.82) is 0 Å². The number of rotatable bonds is 8. The molecule has 4 N–H and O–H groups in total. The number of aliphatic hydroxyl groups is 1. The predicted molar refractivity (Wildman–Crippen MR) is 159 cm³/mol. The molecule has 0 bridgehead atoms. The number of primary amides is 1. The second-order valence-corrected chi connectivity index (χ2v) is 12.3. The van der Waals surface area contributed by atoms with Crippen molar-refractivity contribution in [3.63, 3.8) is 0 Å². The van der Waals surface area contributed by atoms with Crippen molar-refractivity contribution in [2.45, 2.75) is 49.2 Å². The molecule has 2 unspecified atom stereocenters. The normalized spacial score (nSPS) is 18.9. The average molecular weight is 695 g/mol. The summed E-state index contributed by atoms with van der Waals surface area (Å²) in [5.74, 6) is -1.97. The number of ether oxygens (including phenoxy) is 2. The smallest absolute Gasteiger partial charge is 0.424 e. The van der Waals surface area contributed by atoms with Crippen molar-refractivity contribution in [2.24, 2.45) is 5.73 Å². The minimum absolute atomic E-state index is 0.102. The zero-order valence-electron chi connectivity index (χ0n) is 24.8. The lowest BCUT2D eigenvalue weighted by Gasteiger charge is -2.31. The number of hydrogen-bond donors (Lipinski definition) is 3. The van der Waals surface area contributed by atoms with Gasteiger partial charge in [0.25, 0.3) is 5.91 Å². The van der Waals surface area contributed by atoms with E-state index >= 15 is 0 Å². The summed E-state index contributed by atoms with van der Waals surface area (Å²) in [6.07, 6.45) is -7.37. The van der Waals surface area contributed by atoms with Crippen LogP contribution in [0.4, 0.5) is 26.3 Å². The molecule has 0 saturated heterocycles. The Morgan fingerprint density at radius 2 is 1.79 bits per heavy atom. The minimum Gasteiger partial charge on any atom is -0.489 e. The van der Waals surface area contributed by atoms with Crippen molar-refractivity contribution in [3.05, 3.63) is 82.1 Å². The fourth-order valence-electron chi connectivity index (χ4n) is 5.23. The van der Waals surface area contributed by atoms with Gasteiger partial charge in [-0.2, -0.15) is 26.3 Å². The van der Waals surface area contributed by atoms with Crippen molar-refractivity contribution < 1.29 is 50.5 Å². The third-order valence-electron chi connectivity index (χ3n) is 8.29. The first-order valence-electron chi connectivity index (χ1n) is 14.4. The number of carbonyl (C=O) groups excluding carboxylic acids is 2. The second kappa shape index (κ2) is 11.5. The van der Waals surface area contributed by atoms with E-state index < -0.39 is 59.6 Å². The minimum atomic E-state index is -5.47. The monoisotopic (exact) mass is 694 g/mol. The lowest BCUT2D eigenvalue weighted by atomic mass is 9.81. The van der Waals surface area contributed by atoms with Gasteiger partial charge in [0.05, 0.1) is 28.9 Å². The summed E-state index contributed by atoms with van der Waals surface area (Å²) in [5.41, 5.74) is -2.47. The number of fused-ring (bicyclic) bond motifs is 2. The number of nitrogens with one attached hydrogen (secondary N) is 1. The quantitative estimate of drug-likeness (QED) is 0.198. The standard InChI is InChI=1S/C32H25ClF6N4O5/c1-29(28(40)45)14-47-26-21(29)11-23(43-25(26)15-2-4-18(5-3-15)31(34,35)36)30(46,32(37,38)39)13-42-27(44)17-8-16-9-19(33)12-41-24(16)22(10-17)48-20-6-7-20/h2-5,8-12,20,46H,6-7,13-14H2,1H3,(H2,40,45)(H,42,44). The van der Waals surface area contributed by atoms with Crippen molar-refractivity contribution in [2.75, 3.05) is 13.2 Å². The van der Waals surface area contributed by atoms with E-state index in [9.17, 15) is 41.0 Å². The SMILES string of the molecule is CC1(C(N)=O)COc2c1cc(C(O)(CNC(=O)c1cc(OC3CC3)c3ncc(Cl)cc3c1)C(F)(F)F)nc2-c1ccc(C(F)(F)F)cc1. The topological polar surface area (TPSA) is 137 Å². The van der Waals surface area contributed by atoms with Gasteiger partial charge in [0, 0.05) is 28.3 Å². The molecule has 16 heteroatoms. The van der Waals surface area contributed by atoms with Crippen LogP contribution in [0.15, 0.2) is 54.7 Å². The van der Waals surface area contributed by atoms with Gasteiger partial charge >= 0.3 is 12.4 Å². The number of pyridine rings is 2. The Morgan fingerprint density at radius 1 is 1.10 bits per heavy atom. The fourth-order valence-corrected chi connectivity index (χ4v) is 5.40. The third-order valence-corrected chi connectivity index (χ3v) is 8.50. The summed E-state index contributed by atoms with van der Waals surface area (Å²) in [4.78, 5) is 34.0. The van der Waals surface area contributed by atoms with Crippen LogP contribution in [0.1, 0.15) is 46.9 Å². The highest BCUT2D eigenvalue weighted by Gasteiger charge is 2.57. The first-order valence-corrected chi connectivity index (χ1v) is 14.8. The van der Waals surface area contributed by atoms with E-state index in [4.69, 9.17) is 26.8 Å². The van der Waals surface area contributed by atoms with Crippen LogP contribution in [0.5, 0.6) is 11.5 Å². The first-order chi connectivity index (χ1) is 22.4. The molecule has 2 amide bonds. The molecule has 1 aliphatic carbocycles. The maximum atomic E-state index is 14.8. The molecule has 3 heterocycles. The van der Waals surface area contributed by atoms with E-state index in [0.717, 1.165) is 31.0 Å². The van der Waals surface area contributed by atoms with Gasteiger partial charge in [-0.25, -0.2) is 4.98 Å². The van der Waals surface area contributed by atoms with Crippen LogP contribution in [-0.4, -0.2) is 52.3 Å². The molecule has 4 aromatic rings. The summed E-state index contributed by atoms with van der Waals surface area (Å²) >= 11 is 6.07. The Balaban J connectivity index is 1.41. The summed E-state index contributed by atoms with van der Waals surface area (Å²) in [7, 11) is 0. The average Bonchev–Trinajstić information content (AvgIpc) is 3.77. The maximum absolute atomic E-state index is 14.8. The lowest BCUT2D eigenvalue weighted by Crippen LogP contribution is -2.51. The number of benzene rings is 2. The molecule has 2 aromatic carbocycles. The first kappa shape index (κ1) is 33.3. The van der Waals surface area contributed by atoms with E-state index in [1.807, 2.05) is 0 Å². The van der Waals surface area contributed by atoms with Gasteiger partial charge in [-0.05, 0) is 56.2 Å². The summed E-state index contributed by atoms with van der Waals surface area (Å²) in [6, 6.07) is 8.29. The molecule has 252 valence electrons. The van der Waals surface area contributed by atoms with Crippen molar-refractivity contribution >= 4 is 34.3 Å². The Labute approximate surface area is 273 Å². The van der Waals surface area contributed by atoms with E-state index in [-0.39, 0.29) is 45.0 Å². The highest BCUT2D eigenvalue weighted by Crippen LogP contribution is 2.48. The number of aromatic nitrogens is 2. The number of halogens is 7. The molecular weight excluding hydrogens is 670 g/mol.